The number of urea groups is 1. The van der Waals surface area contributed by atoms with E-state index in [1.807, 2.05) is 0 Å². The SMILES string of the molecule is COc1cc(NC(=O)NC2CCNC2(C)C)ncn1. The third-order valence-electron chi connectivity index (χ3n) is 3.28. The molecule has 19 heavy (non-hydrogen) atoms. The zero-order valence-corrected chi connectivity index (χ0v) is 11.4. The molecule has 1 aromatic rings. The predicted octanol–water partition coefficient (Wildman–Crippen LogP) is 0.747. The predicted molar refractivity (Wildman–Crippen MR) is 71.2 cm³/mol. The van der Waals surface area contributed by atoms with Crippen molar-refractivity contribution in [3.8, 4) is 5.88 Å². The highest BCUT2D eigenvalue weighted by Gasteiger charge is 2.34. The number of methoxy groups -OCH3 is 1. The van der Waals surface area contributed by atoms with Crippen molar-refractivity contribution in [2.75, 3.05) is 19.0 Å². The summed E-state index contributed by atoms with van der Waals surface area (Å²) >= 11 is 0. The van der Waals surface area contributed by atoms with Gasteiger partial charge in [0.15, 0.2) is 0 Å². The van der Waals surface area contributed by atoms with Crippen LogP contribution in [0.1, 0.15) is 20.3 Å². The summed E-state index contributed by atoms with van der Waals surface area (Å²) in [7, 11) is 1.51. The van der Waals surface area contributed by atoms with Crippen LogP contribution in [0.25, 0.3) is 0 Å². The summed E-state index contributed by atoms with van der Waals surface area (Å²) in [4.78, 5) is 19.7. The van der Waals surface area contributed by atoms with Gasteiger partial charge in [-0.1, -0.05) is 0 Å². The monoisotopic (exact) mass is 265 g/mol. The minimum atomic E-state index is -0.275. The number of rotatable bonds is 3. The van der Waals surface area contributed by atoms with Crippen molar-refractivity contribution in [1.82, 2.24) is 20.6 Å². The van der Waals surface area contributed by atoms with Gasteiger partial charge in [0.2, 0.25) is 5.88 Å². The van der Waals surface area contributed by atoms with Gasteiger partial charge in [0.25, 0.3) is 0 Å². The third-order valence-corrected chi connectivity index (χ3v) is 3.28. The molecule has 1 saturated heterocycles. The van der Waals surface area contributed by atoms with Crippen molar-refractivity contribution in [3.05, 3.63) is 12.4 Å². The van der Waals surface area contributed by atoms with Crippen molar-refractivity contribution in [1.29, 1.82) is 0 Å². The second-order valence-electron chi connectivity index (χ2n) is 5.03. The Morgan fingerprint density at radius 2 is 2.32 bits per heavy atom. The zero-order valence-electron chi connectivity index (χ0n) is 11.4. The number of aromatic nitrogens is 2. The molecule has 0 bridgehead atoms. The van der Waals surface area contributed by atoms with Crippen LogP contribution in [0.5, 0.6) is 5.88 Å². The van der Waals surface area contributed by atoms with Crippen LogP contribution in [0.15, 0.2) is 12.4 Å². The lowest BCUT2D eigenvalue weighted by Crippen LogP contribution is -2.51. The highest BCUT2D eigenvalue weighted by atomic mass is 16.5. The lowest BCUT2D eigenvalue weighted by molar-refractivity contribution is 0.242. The van der Waals surface area contributed by atoms with Crippen molar-refractivity contribution < 1.29 is 9.53 Å². The smallest absolute Gasteiger partial charge is 0.320 e. The standard InChI is InChI=1S/C12H19N5O2/c1-12(2)8(4-5-15-12)16-11(18)17-9-6-10(19-3)14-7-13-9/h6-8,15H,4-5H2,1-3H3,(H2,13,14,16,17,18). The molecule has 1 aliphatic heterocycles. The number of carbonyl (C=O) groups excluding carboxylic acids is 1. The molecule has 7 nitrogen and oxygen atoms in total. The summed E-state index contributed by atoms with van der Waals surface area (Å²) in [6.07, 6.45) is 2.25. The molecule has 0 spiro atoms. The van der Waals surface area contributed by atoms with Gasteiger partial charge in [-0.15, -0.1) is 0 Å². The maximum absolute atomic E-state index is 11.9. The summed E-state index contributed by atoms with van der Waals surface area (Å²) in [6.45, 7) is 5.04. The van der Waals surface area contributed by atoms with Crippen molar-refractivity contribution in [2.45, 2.75) is 31.8 Å². The van der Waals surface area contributed by atoms with Crippen LogP contribution in [-0.2, 0) is 0 Å². The molecule has 2 heterocycles. The second kappa shape index (κ2) is 5.40. The minimum absolute atomic E-state index is 0.0937. The molecule has 7 heteroatoms. The topological polar surface area (TPSA) is 88.2 Å². The van der Waals surface area contributed by atoms with Crippen LogP contribution in [-0.4, -0.2) is 41.2 Å². The Kier molecular flexibility index (Phi) is 3.84. The Balaban J connectivity index is 1.94. The fourth-order valence-electron chi connectivity index (χ4n) is 2.11. The van der Waals surface area contributed by atoms with Crippen LogP contribution in [0, 0.1) is 0 Å². The number of hydrogen-bond donors (Lipinski definition) is 3. The number of carbonyl (C=O) groups is 1. The molecule has 1 aliphatic rings. The van der Waals surface area contributed by atoms with Gasteiger partial charge in [0.1, 0.15) is 12.1 Å². The minimum Gasteiger partial charge on any atom is -0.481 e. The van der Waals surface area contributed by atoms with E-state index in [0.29, 0.717) is 11.7 Å². The normalized spacial score (nSPS) is 20.9. The largest absolute Gasteiger partial charge is 0.481 e. The summed E-state index contributed by atoms with van der Waals surface area (Å²) < 4.78 is 4.97. The first-order valence-corrected chi connectivity index (χ1v) is 6.20. The zero-order chi connectivity index (χ0) is 13.9. The van der Waals surface area contributed by atoms with E-state index in [9.17, 15) is 4.79 Å². The molecule has 2 rings (SSSR count). The van der Waals surface area contributed by atoms with E-state index in [-0.39, 0.29) is 17.6 Å². The van der Waals surface area contributed by atoms with Crippen molar-refractivity contribution in [2.24, 2.45) is 0 Å². The average molecular weight is 265 g/mol. The highest BCUT2D eigenvalue weighted by molar-refractivity contribution is 5.88. The summed E-state index contributed by atoms with van der Waals surface area (Å²) in [5.41, 5.74) is -0.0965. The maximum atomic E-state index is 11.9. The van der Waals surface area contributed by atoms with E-state index < -0.39 is 0 Å². The van der Waals surface area contributed by atoms with Crippen LogP contribution >= 0.6 is 0 Å². The summed E-state index contributed by atoms with van der Waals surface area (Å²) in [5.74, 6) is 0.821. The molecule has 2 amide bonds. The Hall–Kier alpha value is -1.89. The molecule has 1 atom stereocenters. The van der Waals surface area contributed by atoms with Gasteiger partial charge >= 0.3 is 6.03 Å². The molecule has 0 aliphatic carbocycles. The van der Waals surface area contributed by atoms with E-state index in [4.69, 9.17) is 4.74 Å². The number of nitrogens with zero attached hydrogens (tertiary/aromatic N) is 2. The molecule has 1 unspecified atom stereocenters. The molecule has 3 N–H and O–H groups in total. The Morgan fingerprint density at radius 1 is 1.53 bits per heavy atom. The van der Waals surface area contributed by atoms with E-state index >= 15 is 0 Å². The van der Waals surface area contributed by atoms with Crippen LogP contribution in [0.4, 0.5) is 10.6 Å². The molecule has 1 aromatic heterocycles. The Morgan fingerprint density at radius 3 is 2.95 bits per heavy atom. The first kappa shape index (κ1) is 13.5. The van der Waals surface area contributed by atoms with Crippen LogP contribution in [0.3, 0.4) is 0 Å². The van der Waals surface area contributed by atoms with E-state index in [0.717, 1.165) is 13.0 Å². The fraction of sp³-hybridized carbons (Fsp3) is 0.583. The lowest BCUT2D eigenvalue weighted by atomic mass is 9.97. The van der Waals surface area contributed by atoms with Gasteiger partial charge in [-0.25, -0.2) is 14.8 Å². The number of ether oxygens (including phenoxy) is 1. The van der Waals surface area contributed by atoms with Crippen molar-refractivity contribution >= 4 is 11.8 Å². The van der Waals surface area contributed by atoms with Crippen LogP contribution < -0.4 is 20.7 Å². The van der Waals surface area contributed by atoms with E-state index in [2.05, 4.69) is 39.8 Å². The summed E-state index contributed by atoms with van der Waals surface area (Å²) in [6, 6.07) is 1.39. The van der Waals surface area contributed by atoms with Gasteiger partial charge in [-0.2, -0.15) is 0 Å². The molecular weight excluding hydrogens is 246 g/mol. The number of anilines is 1. The molecule has 0 radical (unpaired) electrons. The Bertz CT molecular complexity index is 463. The quantitative estimate of drug-likeness (QED) is 0.750. The van der Waals surface area contributed by atoms with Gasteiger partial charge in [-0.3, -0.25) is 5.32 Å². The second-order valence-corrected chi connectivity index (χ2v) is 5.03. The van der Waals surface area contributed by atoms with E-state index in [1.54, 1.807) is 6.07 Å². The number of amides is 2. The first-order valence-electron chi connectivity index (χ1n) is 6.20. The van der Waals surface area contributed by atoms with Crippen LogP contribution in [0.2, 0.25) is 0 Å². The molecular formula is C12H19N5O2. The lowest BCUT2D eigenvalue weighted by Gasteiger charge is -2.27. The maximum Gasteiger partial charge on any atom is 0.320 e. The van der Waals surface area contributed by atoms with Crippen molar-refractivity contribution in [3.63, 3.8) is 0 Å². The Labute approximate surface area is 112 Å². The highest BCUT2D eigenvalue weighted by Crippen LogP contribution is 2.18. The molecule has 0 saturated carbocycles. The van der Waals surface area contributed by atoms with Gasteiger partial charge in [-0.05, 0) is 26.8 Å². The number of hydrogen-bond acceptors (Lipinski definition) is 5. The molecule has 1 fully saturated rings. The molecule has 0 aromatic carbocycles. The van der Waals surface area contributed by atoms with E-state index in [1.165, 1.54) is 13.4 Å². The van der Waals surface area contributed by atoms with Gasteiger partial charge in [0.05, 0.1) is 7.11 Å². The van der Waals surface area contributed by atoms with Gasteiger partial charge < -0.3 is 15.4 Å². The number of nitrogens with one attached hydrogen (secondary N) is 3. The molecule has 104 valence electrons. The first-order chi connectivity index (χ1) is 9.01. The fourth-order valence-corrected chi connectivity index (χ4v) is 2.11. The average Bonchev–Trinajstić information content (AvgIpc) is 2.69. The summed E-state index contributed by atoms with van der Waals surface area (Å²) in [5, 5.41) is 8.96. The third kappa shape index (κ3) is 3.31. The van der Waals surface area contributed by atoms with Gasteiger partial charge in [0, 0.05) is 17.6 Å².